The minimum atomic E-state index is 0.709. The second-order valence-electron chi connectivity index (χ2n) is 3.98. The molecule has 14 heavy (non-hydrogen) atoms. The predicted octanol–water partition coefficient (Wildman–Crippen LogP) is 3.64. The van der Waals surface area contributed by atoms with Gasteiger partial charge in [-0.2, -0.15) is 0 Å². The highest BCUT2D eigenvalue weighted by atomic mass is 32.1. The fraction of sp³-hybridized carbons (Fsp3) is 0.417. The van der Waals surface area contributed by atoms with Crippen LogP contribution in [0.3, 0.4) is 0 Å². The summed E-state index contributed by atoms with van der Waals surface area (Å²) >= 11 is 4.97. The monoisotopic (exact) mass is 207 g/mol. The molecule has 1 rings (SSSR count). The summed E-state index contributed by atoms with van der Waals surface area (Å²) in [5.41, 5.74) is 2.46. The minimum Gasteiger partial charge on any atom is -0.350 e. The standard InChI is InChI=1S/C12H17NS/c1-9(2)8-11-4-6-12(7-5-11)13-10(3)14/h4-7,9H,8H2,1-3H3,(H,13,14). The van der Waals surface area contributed by atoms with E-state index < -0.39 is 0 Å². The molecule has 2 heteroatoms. The number of anilines is 1. The van der Waals surface area contributed by atoms with Crippen LogP contribution in [0.1, 0.15) is 26.3 Å². The Labute approximate surface area is 91.5 Å². The van der Waals surface area contributed by atoms with Crippen LogP contribution in [-0.2, 0) is 6.42 Å². The number of hydrogen-bond donors (Lipinski definition) is 1. The molecule has 0 aliphatic rings. The highest BCUT2D eigenvalue weighted by Gasteiger charge is 1.97. The van der Waals surface area contributed by atoms with Crippen molar-refractivity contribution in [2.24, 2.45) is 5.92 Å². The summed E-state index contributed by atoms with van der Waals surface area (Å²) in [6, 6.07) is 8.46. The van der Waals surface area contributed by atoms with Gasteiger partial charge in [-0.05, 0) is 37.0 Å². The number of nitrogens with one attached hydrogen (secondary N) is 1. The van der Waals surface area contributed by atoms with Gasteiger partial charge in [-0.1, -0.05) is 38.2 Å². The molecule has 0 saturated carbocycles. The van der Waals surface area contributed by atoms with Crippen molar-refractivity contribution in [1.82, 2.24) is 0 Å². The minimum absolute atomic E-state index is 0.709. The molecule has 0 saturated heterocycles. The topological polar surface area (TPSA) is 12.0 Å². The second-order valence-corrected chi connectivity index (χ2v) is 4.59. The van der Waals surface area contributed by atoms with E-state index in [1.807, 2.05) is 6.92 Å². The van der Waals surface area contributed by atoms with Gasteiger partial charge in [0, 0.05) is 5.69 Å². The Bertz CT molecular complexity index is 301. The maximum absolute atomic E-state index is 4.97. The molecular weight excluding hydrogens is 190 g/mol. The first-order chi connectivity index (χ1) is 6.58. The lowest BCUT2D eigenvalue weighted by Crippen LogP contribution is -2.03. The van der Waals surface area contributed by atoms with E-state index in [2.05, 4.69) is 43.4 Å². The Morgan fingerprint density at radius 3 is 2.29 bits per heavy atom. The van der Waals surface area contributed by atoms with Gasteiger partial charge in [0.25, 0.3) is 0 Å². The number of hydrogen-bond acceptors (Lipinski definition) is 1. The van der Waals surface area contributed by atoms with Crippen molar-refractivity contribution in [3.8, 4) is 0 Å². The summed E-state index contributed by atoms with van der Waals surface area (Å²) < 4.78 is 0. The van der Waals surface area contributed by atoms with Crippen LogP contribution < -0.4 is 5.32 Å². The fourth-order valence-corrected chi connectivity index (χ4v) is 1.52. The Hall–Kier alpha value is -0.890. The van der Waals surface area contributed by atoms with E-state index in [4.69, 9.17) is 12.2 Å². The van der Waals surface area contributed by atoms with Crippen LogP contribution >= 0.6 is 12.2 Å². The van der Waals surface area contributed by atoms with Crippen molar-refractivity contribution in [2.75, 3.05) is 5.32 Å². The molecule has 0 spiro atoms. The molecule has 0 heterocycles. The first kappa shape index (κ1) is 11.2. The molecule has 0 radical (unpaired) electrons. The van der Waals surface area contributed by atoms with Crippen LogP contribution in [0.4, 0.5) is 5.69 Å². The zero-order chi connectivity index (χ0) is 10.6. The van der Waals surface area contributed by atoms with E-state index in [0.717, 1.165) is 17.1 Å². The maximum Gasteiger partial charge on any atom is 0.0765 e. The molecule has 0 bridgehead atoms. The fourth-order valence-electron chi connectivity index (χ4n) is 1.40. The average molecular weight is 207 g/mol. The summed E-state index contributed by atoms with van der Waals surface area (Å²) in [5, 5.41) is 3.12. The average Bonchev–Trinajstić information content (AvgIpc) is 2.06. The van der Waals surface area contributed by atoms with Gasteiger partial charge in [0.15, 0.2) is 0 Å². The van der Waals surface area contributed by atoms with Crippen molar-refractivity contribution in [2.45, 2.75) is 27.2 Å². The van der Waals surface area contributed by atoms with Crippen LogP contribution in [0.15, 0.2) is 24.3 Å². The van der Waals surface area contributed by atoms with Crippen LogP contribution in [0.5, 0.6) is 0 Å². The number of thiocarbonyl (C=S) groups is 1. The highest BCUT2D eigenvalue weighted by Crippen LogP contribution is 2.12. The summed E-state index contributed by atoms with van der Waals surface area (Å²) in [7, 11) is 0. The van der Waals surface area contributed by atoms with Crippen molar-refractivity contribution < 1.29 is 0 Å². The van der Waals surface area contributed by atoms with Crippen molar-refractivity contribution in [1.29, 1.82) is 0 Å². The van der Waals surface area contributed by atoms with Crippen LogP contribution in [0.25, 0.3) is 0 Å². The molecule has 76 valence electrons. The molecule has 0 fully saturated rings. The third-order valence-corrected chi connectivity index (χ3v) is 2.02. The van der Waals surface area contributed by atoms with Gasteiger partial charge in [-0.15, -0.1) is 0 Å². The van der Waals surface area contributed by atoms with Gasteiger partial charge >= 0.3 is 0 Å². The first-order valence-electron chi connectivity index (χ1n) is 4.94. The molecule has 0 amide bonds. The van der Waals surface area contributed by atoms with Crippen molar-refractivity contribution >= 4 is 22.9 Å². The Balaban J connectivity index is 2.63. The normalized spacial score (nSPS) is 10.3. The molecule has 1 aromatic carbocycles. The third kappa shape index (κ3) is 3.88. The lowest BCUT2D eigenvalue weighted by atomic mass is 10.0. The van der Waals surface area contributed by atoms with E-state index in [-0.39, 0.29) is 0 Å². The molecule has 0 atom stereocenters. The predicted molar refractivity (Wildman–Crippen MR) is 66.9 cm³/mol. The zero-order valence-electron chi connectivity index (χ0n) is 9.00. The lowest BCUT2D eigenvalue weighted by Gasteiger charge is -2.07. The third-order valence-electron chi connectivity index (χ3n) is 1.92. The zero-order valence-corrected chi connectivity index (χ0v) is 9.82. The lowest BCUT2D eigenvalue weighted by molar-refractivity contribution is 0.647. The first-order valence-corrected chi connectivity index (χ1v) is 5.35. The molecule has 1 N–H and O–H groups in total. The largest absolute Gasteiger partial charge is 0.350 e. The quantitative estimate of drug-likeness (QED) is 0.759. The van der Waals surface area contributed by atoms with Gasteiger partial charge in [0.05, 0.1) is 4.99 Å². The van der Waals surface area contributed by atoms with E-state index in [1.165, 1.54) is 5.56 Å². The van der Waals surface area contributed by atoms with Gasteiger partial charge in [0.1, 0.15) is 0 Å². The number of rotatable bonds is 3. The van der Waals surface area contributed by atoms with Gasteiger partial charge in [0.2, 0.25) is 0 Å². The molecule has 0 unspecified atom stereocenters. The Kier molecular flexibility index (Phi) is 4.08. The van der Waals surface area contributed by atoms with Gasteiger partial charge in [-0.25, -0.2) is 0 Å². The molecule has 1 nitrogen and oxygen atoms in total. The van der Waals surface area contributed by atoms with Gasteiger partial charge in [-0.3, -0.25) is 0 Å². The summed E-state index contributed by atoms with van der Waals surface area (Å²) in [6.45, 7) is 6.35. The van der Waals surface area contributed by atoms with Crippen molar-refractivity contribution in [3.63, 3.8) is 0 Å². The molecule has 1 aromatic rings. The Morgan fingerprint density at radius 2 is 1.86 bits per heavy atom. The van der Waals surface area contributed by atoms with Crippen LogP contribution in [0.2, 0.25) is 0 Å². The summed E-state index contributed by atoms with van der Waals surface area (Å²) in [5.74, 6) is 0.709. The summed E-state index contributed by atoms with van der Waals surface area (Å²) in [4.78, 5) is 0.807. The van der Waals surface area contributed by atoms with Crippen LogP contribution in [0, 0.1) is 5.92 Å². The van der Waals surface area contributed by atoms with Crippen LogP contribution in [-0.4, -0.2) is 4.99 Å². The SMILES string of the molecule is CC(=S)Nc1ccc(CC(C)C)cc1. The smallest absolute Gasteiger partial charge is 0.0765 e. The summed E-state index contributed by atoms with van der Waals surface area (Å²) in [6.07, 6.45) is 1.14. The second kappa shape index (κ2) is 5.11. The molecule has 0 aliphatic carbocycles. The van der Waals surface area contributed by atoms with E-state index in [0.29, 0.717) is 5.92 Å². The molecule has 0 aliphatic heterocycles. The molecule has 0 aromatic heterocycles. The maximum atomic E-state index is 4.97. The van der Waals surface area contributed by atoms with Gasteiger partial charge < -0.3 is 5.32 Å². The Morgan fingerprint density at radius 1 is 1.29 bits per heavy atom. The van der Waals surface area contributed by atoms with E-state index in [9.17, 15) is 0 Å². The van der Waals surface area contributed by atoms with E-state index >= 15 is 0 Å². The highest BCUT2D eigenvalue weighted by molar-refractivity contribution is 7.80. The van der Waals surface area contributed by atoms with E-state index in [1.54, 1.807) is 0 Å². The molecular formula is C12H17NS. The van der Waals surface area contributed by atoms with Crippen molar-refractivity contribution in [3.05, 3.63) is 29.8 Å². The number of benzene rings is 1.